The highest BCUT2D eigenvalue weighted by atomic mass is 32.1. The maximum absolute atomic E-state index is 12.5. The first-order valence-corrected chi connectivity index (χ1v) is 7.47. The van der Waals surface area contributed by atoms with Crippen LogP contribution < -0.4 is 11.1 Å². The molecule has 108 valence electrons. The van der Waals surface area contributed by atoms with Crippen molar-refractivity contribution >= 4 is 23.1 Å². The molecule has 2 atom stereocenters. The third kappa shape index (κ3) is 3.18. The second kappa shape index (κ2) is 5.92. The van der Waals surface area contributed by atoms with Gasteiger partial charge in [-0.1, -0.05) is 62.8 Å². The van der Waals surface area contributed by atoms with Crippen LogP contribution in [0.3, 0.4) is 0 Å². The van der Waals surface area contributed by atoms with Gasteiger partial charge in [-0.15, -0.1) is 0 Å². The van der Waals surface area contributed by atoms with E-state index in [9.17, 15) is 4.79 Å². The molecule has 1 amide bonds. The summed E-state index contributed by atoms with van der Waals surface area (Å²) in [6.45, 7) is 4.31. The molecule has 0 aliphatic heterocycles. The first kappa shape index (κ1) is 15.0. The molecular weight excluding hydrogens is 268 g/mol. The zero-order valence-electron chi connectivity index (χ0n) is 12.1. The summed E-state index contributed by atoms with van der Waals surface area (Å²) < 4.78 is 0. The highest BCUT2D eigenvalue weighted by molar-refractivity contribution is 7.80. The van der Waals surface area contributed by atoms with Gasteiger partial charge in [-0.25, -0.2) is 0 Å². The zero-order valence-corrected chi connectivity index (χ0v) is 12.9. The monoisotopic (exact) mass is 290 g/mol. The van der Waals surface area contributed by atoms with E-state index >= 15 is 0 Å². The van der Waals surface area contributed by atoms with E-state index in [1.807, 2.05) is 30.3 Å². The van der Waals surface area contributed by atoms with E-state index in [1.54, 1.807) is 0 Å². The molecule has 1 aromatic carbocycles. The van der Waals surface area contributed by atoms with Gasteiger partial charge in [0.25, 0.3) is 0 Å². The first-order valence-electron chi connectivity index (χ1n) is 7.06. The lowest BCUT2D eigenvalue weighted by Gasteiger charge is -2.28. The Hall–Kier alpha value is -1.42. The average molecular weight is 290 g/mol. The van der Waals surface area contributed by atoms with E-state index in [2.05, 4.69) is 19.2 Å². The molecule has 1 aromatic rings. The summed E-state index contributed by atoms with van der Waals surface area (Å²) in [4.78, 5) is 12.8. The molecule has 0 spiro atoms. The first-order chi connectivity index (χ1) is 9.42. The van der Waals surface area contributed by atoms with Crippen LogP contribution in [0.2, 0.25) is 0 Å². The molecule has 1 fully saturated rings. The Labute approximate surface area is 125 Å². The number of nitrogens with one attached hydrogen (secondary N) is 1. The predicted octanol–water partition coefficient (Wildman–Crippen LogP) is 2.96. The van der Waals surface area contributed by atoms with Crippen molar-refractivity contribution in [2.75, 3.05) is 0 Å². The lowest BCUT2D eigenvalue weighted by atomic mass is 9.81. The molecule has 1 aliphatic rings. The Morgan fingerprint density at radius 2 is 2.05 bits per heavy atom. The molecule has 3 N–H and O–H groups in total. The number of nitrogens with two attached hydrogens (primary N) is 1. The number of rotatable bonds is 4. The number of hydrogen-bond donors (Lipinski definition) is 2. The molecule has 0 radical (unpaired) electrons. The van der Waals surface area contributed by atoms with Gasteiger partial charge < -0.3 is 11.1 Å². The summed E-state index contributed by atoms with van der Waals surface area (Å²) in [5, 5.41) is 3.03. The van der Waals surface area contributed by atoms with E-state index in [0.717, 1.165) is 24.8 Å². The van der Waals surface area contributed by atoms with Crippen LogP contribution in [0.25, 0.3) is 0 Å². The number of carbonyl (C=O) groups excluding carboxylic acids is 1. The van der Waals surface area contributed by atoms with Crippen LogP contribution in [0.4, 0.5) is 0 Å². The fourth-order valence-corrected chi connectivity index (χ4v) is 3.21. The fourth-order valence-electron chi connectivity index (χ4n) is 3.02. The van der Waals surface area contributed by atoms with Crippen molar-refractivity contribution in [2.24, 2.45) is 17.1 Å². The Morgan fingerprint density at radius 1 is 1.40 bits per heavy atom. The SMILES string of the molecule is CC1(C)CCCC1C(=O)NC(C(N)=S)c1ccccc1. The third-order valence-electron chi connectivity index (χ3n) is 4.28. The summed E-state index contributed by atoms with van der Waals surface area (Å²) >= 11 is 5.11. The van der Waals surface area contributed by atoms with E-state index in [-0.39, 0.29) is 23.3 Å². The molecule has 20 heavy (non-hydrogen) atoms. The van der Waals surface area contributed by atoms with Crippen LogP contribution in [0, 0.1) is 11.3 Å². The molecule has 0 aromatic heterocycles. The van der Waals surface area contributed by atoms with Gasteiger partial charge in [-0.3, -0.25) is 4.79 Å². The number of hydrogen-bond acceptors (Lipinski definition) is 2. The molecule has 1 saturated carbocycles. The zero-order chi connectivity index (χ0) is 14.8. The van der Waals surface area contributed by atoms with E-state index in [0.29, 0.717) is 4.99 Å². The van der Waals surface area contributed by atoms with Crippen LogP contribution >= 0.6 is 12.2 Å². The molecule has 4 heteroatoms. The minimum atomic E-state index is -0.380. The van der Waals surface area contributed by atoms with Crippen molar-refractivity contribution in [3.8, 4) is 0 Å². The maximum Gasteiger partial charge on any atom is 0.224 e. The largest absolute Gasteiger partial charge is 0.391 e. The summed E-state index contributed by atoms with van der Waals surface area (Å²) in [5.41, 5.74) is 6.79. The van der Waals surface area contributed by atoms with Crippen LogP contribution in [0.15, 0.2) is 30.3 Å². The lowest BCUT2D eigenvalue weighted by molar-refractivity contribution is -0.127. The normalized spacial score (nSPS) is 22.2. The molecule has 0 saturated heterocycles. The summed E-state index contributed by atoms with van der Waals surface area (Å²) in [6, 6.07) is 9.27. The predicted molar refractivity (Wildman–Crippen MR) is 85.2 cm³/mol. The van der Waals surface area contributed by atoms with E-state index in [4.69, 9.17) is 18.0 Å². The molecule has 1 aliphatic carbocycles. The van der Waals surface area contributed by atoms with Gasteiger partial charge in [0.1, 0.15) is 11.0 Å². The van der Waals surface area contributed by atoms with Gasteiger partial charge in [0.15, 0.2) is 0 Å². The summed E-state index contributed by atoms with van der Waals surface area (Å²) in [5.74, 6) is 0.109. The topological polar surface area (TPSA) is 55.1 Å². The molecule has 0 bridgehead atoms. The van der Waals surface area contributed by atoms with Gasteiger partial charge in [-0.05, 0) is 23.8 Å². The average Bonchev–Trinajstić information content (AvgIpc) is 2.76. The van der Waals surface area contributed by atoms with Gasteiger partial charge >= 0.3 is 0 Å². The summed E-state index contributed by atoms with van der Waals surface area (Å²) in [6.07, 6.45) is 3.14. The lowest BCUT2D eigenvalue weighted by Crippen LogP contribution is -2.42. The van der Waals surface area contributed by atoms with Crippen molar-refractivity contribution in [3.63, 3.8) is 0 Å². The Balaban J connectivity index is 2.13. The standard InChI is InChI=1S/C16H22N2OS/c1-16(2)10-6-9-12(16)15(19)18-13(14(17)20)11-7-4-3-5-8-11/h3-5,7-8,12-13H,6,9-10H2,1-2H3,(H2,17,20)(H,18,19). The smallest absolute Gasteiger partial charge is 0.224 e. The number of thiocarbonyl (C=S) groups is 1. The van der Waals surface area contributed by atoms with E-state index in [1.165, 1.54) is 0 Å². The van der Waals surface area contributed by atoms with Crippen molar-refractivity contribution in [2.45, 2.75) is 39.2 Å². The number of benzene rings is 1. The molecule has 2 unspecified atom stereocenters. The molecule has 2 rings (SSSR count). The highest BCUT2D eigenvalue weighted by Gasteiger charge is 2.40. The van der Waals surface area contributed by atoms with Crippen molar-refractivity contribution in [1.29, 1.82) is 0 Å². The second-order valence-electron chi connectivity index (χ2n) is 6.19. The van der Waals surface area contributed by atoms with Crippen LogP contribution in [-0.4, -0.2) is 10.9 Å². The quantitative estimate of drug-likeness (QED) is 0.838. The van der Waals surface area contributed by atoms with Crippen molar-refractivity contribution < 1.29 is 4.79 Å². The van der Waals surface area contributed by atoms with Gasteiger partial charge in [0.2, 0.25) is 5.91 Å². The molecule has 0 heterocycles. The Morgan fingerprint density at radius 3 is 2.55 bits per heavy atom. The van der Waals surface area contributed by atoms with Crippen LogP contribution in [0.1, 0.15) is 44.7 Å². The van der Waals surface area contributed by atoms with Gasteiger partial charge in [0.05, 0.1) is 0 Å². The van der Waals surface area contributed by atoms with Gasteiger partial charge in [0, 0.05) is 5.92 Å². The highest BCUT2D eigenvalue weighted by Crippen LogP contribution is 2.42. The summed E-state index contributed by atoms with van der Waals surface area (Å²) in [7, 11) is 0. The van der Waals surface area contributed by atoms with Crippen LogP contribution in [0.5, 0.6) is 0 Å². The molecular formula is C16H22N2OS. The van der Waals surface area contributed by atoms with Crippen molar-refractivity contribution in [1.82, 2.24) is 5.32 Å². The number of amides is 1. The number of carbonyl (C=O) groups is 1. The van der Waals surface area contributed by atoms with Gasteiger partial charge in [-0.2, -0.15) is 0 Å². The minimum Gasteiger partial charge on any atom is -0.391 e. The third-order valence-corrected chi connectivity index (χ3v) is 4.51. The van der Waals surface area contributed by atoms with Crippen molar-refractivity contribution in [3.05, 3.63) is 35.9 Å². The van der Waals surface area contributed by atoms with Crippen LogP contribution in [-0.2, 0) is 4.79 Å². The maximum atomic E-state index is 12.5. The second-order valence-corrected chi connectivity index (χ2v) is 6.66. The molecule has 3 nitrogen and oxygen atoms in total. The Kier molecular flexibility index (Phi) is 4.43. The fraction of sp³-hybridized carbons (Fsp3) is 0.500. The Bertz CT molecular complexity index is 498. The van der Waals surface area contributed by atoms with E-state index < -0.39 is 0 Å². The minimum absolute atomic E-state index is 0.0445.